The topological polar surface area (TPSA) is 102 Å². The number of esters is 1. The van der Waals surface area contributed by atoms with Gasteiger partial charge in [0.15, 0.2) is 0 Å². The zero-order valence-corrected chi connectivity index (χ0v) is 18.5. The Morgan fingerprint density at radius 1 is 1.07 bits per heavy atom. The van der Waals surface area contributed by atoms with Gasteiger partial charge >= 0.3 is 5.97 Å². The van der Waals surface area contributed by atoms with E-state index in [1.807, 2.05) is 6.92 Å². The van der Waals surface area contributed by atoms with Crippen molar-refractivity contribution >= 4 is 43.5 Å². The van der Waals surface area contributed by atoms with Gasteiger partial charge < -0.3 is 10.1 Å². The van der Waals surface area contributed by atoms with E-state index in [2.05, 4.69) is 26.0 Å². The summed E-state index contributed by atoms with van der Waals surface area (Å²) in [6.07, 6.45) is 1.73. The number of carbonyl (C=O) groups excluding carboxylic acids is 2. The first-order valence-electron chi connectivity index (χ1n) is 9.09. The molecule has 0 unspecified atom stereocenters. The number of hydrogen-bond donors (Lipinski definition) is 2. The second-order valence-electron chi connectivity index (χ2n) is 6.35. The van der Waals surface area contributed by atoms with Gasteiger partial charge in [0.2, 0.25) is 15.9 Å². The van der Waals surface area contributed by atoms with Crippen LogP contribution < -0.4 is 10.0 Å². The summed E-state index contributed by atoms with van der Waals surface area (Å²) < 4.78 is 33.0. The number of hydrogen-bond acceptors (Lipinski definition) is 5. The summed E-state index contributed by atoms with van der Waals surface area (Å²) in [5, 5.41) is 2.62. The van der Waals surface area contributed by atoms with Crippen LogP contribution in [0, 0.1) is 0 Å². The summed E-state index contributed by atoms with van der Waals surface area (Å²) in [4.78, 5) is 24.3. The molecule has 0 spiro atoms. The van der Waals surface area contributed by atoms with Crippen molar-refractivity contribution in [1.82, 2.24) is 4.72 Å². The number of unbranched alkanes of at least 4 members (excludes halogenated alkanes) is 1. The molecule has 1 atom stereocenters. The molecule has 0 heterocycles. The van der Waals surface area contributed by atoms with E-state index in [9.17, 15) is 18.0 Å². The SMILES string of the molecule is CCCCOC(=O)c1ccc(NC(=O)[C@@H](C)NS(=O)(=O)c2ccc(Br)cc2)cc1. The van der Waals surface area contributed by atoms with Crippen LogP contribution in [0.15, 0.2) is 57.9 Å². The van der Waals surface area contributed by atoms with Crippen LogP contribution in [0.1, 0.15) is 37.0 Å². The lowest BCUT2D eigenvalue weighted by molar-refractivity contribution is -0.117. The monoisotopic (exact) mass is 482 g/mol. The summed E-state index contributed by atoms with van der Waals surface area (Å²) in [6, 6.07) is 11.3. The van der Waals surface area contributed by atoms with Crippen LogP contribution in [-0.2, 0) is 19.6 Å². The van der Waals surface area contributed by atoms with Crippen molar-refractivity contribution in [2.24, 2.45) is 0 Å². The number of sulfonamides is 1. The van der Waals surface area contributed by atoms with E-state index in [4.69, 9.17) is 4.74 Å². The number of carbonyl (C=O) groups is 2. The summed E-state index contributed by atoms with van der Waals surface area (Å²) in [6.45, 7) is 3.82. The molecule has 2 N–H and O–H groups in total. The molecule has 0 radical (unpaired) electrons. The van der Waals surface area contributed by atoms with Crippen LogP contribution in [-0.4, -0.2) is 32.9 Å². The van der Waals surface area contributed by atoms with Crippen LogP contribution in [0.25, 0.3) is 0 Å². The Labute approximate surface area is 179 Å². The average Bonchev–Trinajstić information content (AvgIpc) is 2.68. The Hall–Kier alpha value is -2.23. The Bertz CT molecular complexity index is 944. The van der Waals surface area contributed by atoms with Crippen molar-refractivity contribution in [1.29, 1.82) is 0 Å². The lowest BCUT2D eigenvalue weighted by Gasteiger charge is -2.15. The molecule has 2 rings (SSSR count). The van der Waals surface area contributed by atoms with Crippen LogP contribution in [0.5, 0.6) is 0 Å². The van der Waals surface area contributed by atoms with Gasteiger partial charge in [-0.15, -0.1) is 0 Å². The van der Waals surface area contributed by atoms with Crippen LogP contribution in [0.3, 0.4) is 0 Å². The zero-order chi connectivity index (χ0) is 21.4. The van der Waals surface area contributed by atoms with E-state index in [0.717, 1.165) is 17.3 Å². The van der Waals surface area contributed by atoms with E-state index >= 15 is 0 Å². The molecule has 0 saturated heterocycles. The van der Waals surface area contributed by atoms with Gasteiger partial charge in [0.05, 0.1) is 23.1 Å². The summed E-state index contributed by atoms with van der Waals surface area (Å²) in [7, 11) is -3.84. The fourth-order valence-electron chi connectivity index (χ4n) is 2.30. The number of nitrogens with one attached hydrogen (secondary N) is 2. The van der Waals surface area contributed by atoms with Crippen LogP contribution in [0.4, 0.5) is 5.69 Å². The highest BCUT2D eigenvalue weighted by molar-refractivity contribution is 9.10. The highest BCUT2D eigenvalue weighted by Crippen LogP contribution is 2.15. The van der Waals surface area contributed by atoms with Crippen molar-refractivity contribution in [2.45, 2.75) is 37.6 Å². The lowest BCUT2D eigenvalue weighted by Crippen LogP contribution is -2.41. The molecule has 0 saturated carbocycles. The molecular weight excluding hydrogens is 460 g/mol. The highest BCUT2D eigenvalue weighted by Gasteiger charge is 2.22. The van der Waals surface area contributed by atoms with Crippen molar-refractivity contribution < 1.29 is 22.7 Å². The summed E-state index contributed by atoms with van der Waals surface area (Å²) >= 11 is 3.24. The van der Waals surface area contributed by atoms with Gasteiger partial charge in [-0.3, -0.25) is 4.79 Å². The maximum Gasteiger partial charge on any atom is 0.338 e. The van der Waals surface area contributed by atoms with Gasteiger partial charge in [-0.2, -0.15) is 4.72 Å². The molecule has 0 aliphatic carbocycles. The smallest absolute Gasteiger partial charge is 0.338 e. The van der Waals surface area contributed by atoms with Crippen molar-refractivity contribution in [3.63, 3.8) is 0 Å². The van der Waals surface area contributed by atoms with E-state index < -0.39 is 27.9 Å². The van der Waals surface area contributed by atoms with E-state index in [1.165, 1.54) is 19.1 Å². The first-order chi connectivity index (χ1) is 13.7. The fourth-order valence-corrected chi connectivity index (χ4v) is 3.77. The molecule has 1 amide bonds. The Kier molecular flexibility index (Phi) is 8.36. The van der Waals surface area contributed by atoms with E-state index in [0.29, 0.717) is 17.9 Å². The number of ether oxygens (including phenoxy) is 1. The third-order valence-electron chi connectivity index (χ3n) is 3.97. The van der Waals surface area contributed by atoms with E-state index in [-0.39, 0.29) is 4.90 Å². The first kappa shape index (κ1) is 23.1. The quantitative estimate of drug-likeness (QED) is 0.418. The third kappa shape index (κ3) is 6.95. The van der Waals surface area contributed by atoms with Crippen LogP contribution >= 0.6 is 15.9 Å². The Balaban J connectivity index is 1.95. The number of benzene rings is 2. The largest absolute Gasteiger partial charge is 0.462 e. The molecule has 0 bridgehead atoms. The number of anilines is 1. The summed E-state index contributed by atoms with van der Waals surface area (Å²) in [5.41, 5.74) is 0.817. The Morgan fingerprint density at radius 3 is 2.28 bits per heavy atom. The highest BCUT2D eigenvalue weighted by atomic mass is 79.9. The lowest BCUT2D eigenvalue weighted by atomic mass is 10.2. The molecule has 29 heavy (non-hydrogen) atoms. The maximum atomic E-state index is 12.4. The van der Waals surface area contributed by atoms with Gasteiger partial charge in [-0.25, -0.2) is 13.2 Å². The van der Waals surface area contributed by atoms with E-state index in [1.54, 1.807) is 36.4 Å². The Morgan fingerprint density at radius 2 is 1.69 bits per heavy atom. The molecule has 0 aromatic heterocycles. The minimum atomic E-state index is -3.84. The third-order valence-corrected chi connectivity index (χ3v) is 6.05. The predicted molar refractivity (Wildman–Crippen MR) is 114 cm³/mol. The molecule has 7 nitrogen and oxygen atoms in total. The number of halogens is 1. The molecule has 2 aromatic rings. The normalized spacial score (nSPS) is 12.2. The average molecular weight is 483 g/mol. The fraction of sp³-hybridized carbons (Fsp3) is 0.300. The molecule has 9 heteroatoms. The molecule has 0 aliphatic rings. The minimum absolute atomic E-state index is 0.0614. The van der Waals surface area contributed by atoms with Crippen molar-refractivity contribution in [3.8, 4) is 0 Å². The molecular formula is C20H23BrN2O5S. The van der Waals surface area contributed by atoms with Gasteiger partial charge in [-0.05, 0) is 61.9 Å². The van der Waals surface area contributed by atoms with Gasteiger partial charge in [0, 0.05) is 10.2 Å². The zero-order valence-electron chi connectivity index (χ0n) is 16.1. The number of rotatable bonds is 9. The van der Waals surface area contributed by atoms with Gasteiger partial charge in [-0.1, -0.05) is 29.3 Å². The standard InChI is InChI=1S/C20H23BrN2O5S/c1-3-4-13-28-20(25)15-5-9-17(10-6-15)22-19(24)14(2)23-29(26,27)18-11-7-16(21)8-12-18/h5-12,14,23H,3-4,13H2,1-2H3,(H,22,24)/t14-/m1/s1. The van der Waals surface area contributed by atoms with Crippen molar-refractivity contribution in [3.05, 3.63) is 58.6 Å². The minimum Gasteiger partial charge on any atom is -0.462 e. The number of amides is 1. The molecule has 0 fully saturated rings. The van der Waals surface area contributed by atoms with Crippen LogP contribution in [0.2, 0.25) is 0 Å². The van der Waals surface area contributed by atoms with Gasteiger partial charge in [0.25, 0.3) is 0 Å². The second-order valence-corrected chi connectivity index (χ2v) is 8.98. The molecule has 0 aliphatic heterocycles. The van der Waals surface area contributed by atoms with Gasteiger partial charge in [0.1, 0.15) is 0 Å². The maximum absolute atomic E-state index is 12.4. The van der Waals surface area contributed by atoms with Crippen molar-refractivity contribution in [2.75, 3.05) is 11.9 Å². The first-order valence-corrected chi connectivity index (χ1v) is 11.4. The molecule has 2 aromatic carbocycles. The second kappa shape index (κ2) is 10.5. The summed E-state index contributed by atoms with van der Waals surface area (Å²) in [5.74, 6) is -0.948. The molecule has 156 valence electrons. The predicted octanol–water partition coefficient (Wildman–Crippen LogP) is 3.71.